The molecule has 2 aliphatic rings. The number of methoxy groups -OCH3 is 1. The Morgan fingerprint density at radius 1 is 1.14 bits per heavy atom. The van der Waals surface area contributed by atoms with Crippen molar-refractivity contribution in [2.75, 3.05) is 43.6 Å². The molecule has 36 heavy (non-hydrogen) atoms. The molecular formula is C23H28F3N5O5. The molecule has 1 aromatic carbocycles. The van der Waals surface area contributed by atoms with Gasteiger partial charge in [-0.05, 0) is 37.8 Å². The summed E-state index contributed by atoms with van der Waals surface area (Å²) in [6, 6.07) is 4.53. The molecule has 1 aromatic heterocycles. The average molecular weight is 512 g/mol. The Morgan fingerprint density at radius 3 is 2.58 bits per heavy atom. The van der Waals surface area contributed by atoms with E-state index in [0.717, 1.165) is 25.2 Å². The molecule has 1 saturated heterocycles. The van der Waals surface area contributed by atoms with E-state index in [1.54, 1.807) is 12.3 Å². The predicted molar refractivity (Wildman–Crippen MR) is 124 cm³/mol. The number of hydrogen-bond donors (Lipinski definition) is 2. The monoisotopic (exact) mass is 511 g/mol. The minimum Gasteiger partial charge on any atom is -0.495 e. The molecule has 1 saturated carbocycles. The van der Waals surface area contributed by atoms with Gasteiger partial charge in [-0.2, -0.15) is 4.98 Å². The number of urea groups is 1. The van der Waals surface area contributed by atoms with Crippen LogP contribution < -0.4 is 29.7 Å². The molecule has 2 heterocycles. The summed E-state index contributed by atoms with van der Waals surface area (Å²) in [5.74, 6) is 0.868. The molecule has 13 heteroatoms. The molecule has 2 amide bonds. The lowest BCUT2D eigenvalue weighted by Crippen LogP contribution is -2.41. The van der Waals surface area contributed by atoms with Crippen LogP contribution >= 0.6 is 0 Å². The zero-order chi connectivity index (χ0) is 25.5. The van der Waals surface area contributed by atoms with Crippen LogP contribution in [0, 0.1) is 0 Å². The maximum Gasteiger partial charge on any atom is 0.573 e. The van der Waals surface area contributed by atoms with E-state index in [9.17, 15) is 18.0 Å². The first kappa shape index (κ1) is 25.6. The molecule has 0 spiro atoms. The number of carbonyl (C=O) groups excluding carboxylic acids is 1. The summed E-state index contributed by atoms with van der Waals surface area (Å²) in [5, 5.41) is 5.39. The number of ether oxygens (including phenoxy) is 4. The van der Waals surface area contributed by atoms with Crippen LogP contribution in [0.2, 0.25) is 0 Å². The zero-order valence-electron chi connectivity index (χ0n) is 19.7. The van der Waals surface area contributed by atoms with E-state index in [0.29, 0.717) is 50.7 Å². The molecule has 2 fully saturated rings. The van der Waals surface area contributed by atoms with Gasteiger partial charge in [-0.3, -0.25) is 0 Å². The van der Waals surface area contributed by atoms with Crippen LogP contribution in [0.1, 0.15) is 25.7 Å². The first-order valence-corrected chi connectivity index (χ1v) is 11.6. The Labute approximate surface area is 206 Å². The normalized spacial score (nSPS) is 20.4. The van der Waals surface area contributed by atoms with E-state index in [2.05, 4.69) is 30.2 Å². The van der Waals surface area contributed by atoms with Crippen molar-refractivity contribution in [2.24, 2.45) is 0 Å². The van der Waals surface area contributed by atoms with Crippen LogP contribution in [0.3, 0.4) is 0 Å². The van der Waals surface area contributed by atoms with Crippen LogP contribution in [-0.2, 0) is 4.74 Å². The summed E-state index contributed by atoms with van der Waals surface area (Å²) in [7, 11) is 1.35. The number of halogens is 3. The molecule has 0 unspecified atom stereocenters. The third kappa shape index (κ3) is 7.26. The lowest BCUT2D eigenvalue weighted by molar-refractivity contribution is -0.274. The molecule has 0 atom stereocenters. The van der Waals surface area contributed by atoms with Gasteiger partial charge in [0.15, 0.2) is 0 Å². The second-order valence-electron chi connectivity index (χ2n) is 8.39. The lowest BCUT2D eigenvalue weighted by atomic mass is 9.93. The number of morpholine rings is 1. The zero-order valence-corrected chi connectivity index (χ0v) is 19.7. The quantitative estimate of drug-likeness (QED) is 0.579. The van der Waals surface area contributed by atoms with E-state index in [-0.39, 0.29) is 23.6 Å². The third-order valence-electron chi connectivity index (χ3n) is 5.86. The third-order valence-corrected chi connectivity index (χ3v) is 5.86. The molecule has 196 valence electrons. The maximum absolute atomic E-state index is 12.5. The molecule has 10 nitrogen and oxygen atoms in total. The summed E-state index contributed by atoms with van der Waals surface area (Å²) in [6.45, 7) is 2.73. The smallest absolute Gasteiger partial charge is 0.495 e. The number of hydrogen-bond acceptors (Lipinski definition) is 8. The fourth-order valence-corrected chi connectivity index (χ4v) is 4.14. The van der Waals surface area contributed by atoms with Gasteiger partial charge < -0.3 is 34.5 Å². The fraction of sp³-hybridized carbons (Fsp3) is 0.522. The fourth-order valence-electron chi connectivity index (χ4n) is 4.14. The average Bonchev–Trinajstić information content (AvgIpc) is 2.85. The highest BCUT2D eigenvalue weighted by Gasteiger charge is 2.31. The molecule has 4 rings (SSSR count). The van der Waals surface area contributed by atoms with E-state index in [4.69, 9.17) is 14.2 Å². The van der Waals surface area contributed by atoms with Crippen molar-refractivity contribution in [1.29, 1.82) is 0 Å². The highest BCUT2D eigenvalue weighted by molar-refractivity contribution is 5.91. The number of nitrogens with one attached hydrogen (secondary N) is 2. The molecule has 1 aliphatic carbocycles. The molecule has 0 bridgehead atoms. The standard InChI is InChI=1S/C23H28F3N5O5/c1-33-19-7-6-17(36-23(24,25)26)14-18(19)29-22(32)28-15-2-4-16(5-3-15)35-20-8-9-27-21(30-20)31-10-12-34-13-11-31/h6-9,14-16H,2-5,10-13H2,1H3,(H2,28,29,32). The minimum atomic E-state index is -4.84. The Bertz CT molecular complexity index is 1030. The van der Waals surface area contributed by atoms with Crippen molar-refractivity contribution in [3.05, 3.63) is 30.5 Å². The number of amides is 2. The highest BCUT2D eigenvalue weighted by atomic mass is 19.4. The molecule has 2 N–H and O–H groups in total. The largest absolute Gasteiger partial charge is 0.573 e. The SMILES string of the molecule is COc1ccc(OC(F)(F)F)cc1NC(=O)NC1CCC(Oc2ccnc(N3CCOCC3)n2)CC1. The Kier molecular flexibility index (Phi) is 8.18. The minimum absolute atomic E-state index is 0.0464. The van der Waals surface area contributed by atoms with Crippen LogP contribution in [0.25, 0.3) is 0 Å². The summed E-state index contributed by atoms with van der Waals surface area (Å²) in [6.07, 6.45) is -0.449. The number of rotatable bonds is 7. The van der Waals surface area contributed by atoms with Gasteiger partial charge >= 0.3 is 12.4 Å². The van der Waals surface area contributed by atoms with Gasteiger partial charge in [-0.25, -0.2) is 9.78 Å². The highest BCUT2D eigenvalue weighted by Crippen LogP contribution is 2.32. The topological polar surface area (TPSA) is 107 Å². The van der Waals surface area contributed by atoms with Crippen LogP contribution in [0.15, 0.2) is 30.5 Å². The molecular weight excluding hydrogens is 483 g/mol. The van der Waals surface area contributed by atoms with Crippen molar-refractivity contribution >= 4 is 17.7 Å². The first-order chi connectivity index (χ1) is 17.3. The van der Waals surface area contributed by atoms with Gasteiger partial charge in [-0.1, -0.05) is 0 Å². The molecule has 2 aromatic rings. The number of anilines is 2. The Morgan fingerprint density at radius 2 is 1.89 bits per heavy atom. The number of aromatic nitrogens is 2. The summed E-state index contributed by atoms with van der Waals surface area (Å²) in [4.78, 5) is 23.4. The second kappa shape index (κ2) is 11.5. The van der Waals surface area contributed by atoms with E-state index in [1.165, 1.54) is 13.2 Å². The van der Waals surface area contributed by atoms with Crippen LogP contribution in [0.5, 0.6) is 17.4 Å². The second-order valence-corrected chi connectivity index (χ2v) is 8.39. The summed E-state index contributed by atoms with van der Waals surface area (Å²) in [5.41, 5.74) is 0.0635. The van der Waals surface area contributed by atoms with E-state index < -0.39 is 18.1 Å². The van der Waals surface area contributed by atoms with Crippen LogP contribution in [0.4, 0.5) is 29.6 Å². The van der Waals surface area contributed by atoms with Crippen molar-refractivity contribution in [3.8, 4) is 17.4 Å². The van der Waals surface area contributed by atoms with Crippen molar-refractivity contribution in [2.45, 2.75) is 44.2 Å². The number of nitrogens with zero attached hydrogens (tertiary/aromatic N) is 3. The first-order valence-electron chi connectivity index (χ1n) is 11.6. The van der Waals surface area contributed by atoms with Crippen molar-refractivity contribution in [1.82, 2.24) is 15.3 Å². The van der Waals surface area contributed by atoms with Gasteiger partial charge in [0.05, 0.1) is 26.0 Å². The Balaban J connectivity index is 1.26. The number of alkyl halides is 3. The maximum atomic E-state index is 12.5. The lowest BCUT2D eigenvalue weighted by Gasteiger charge is -2.30. The predicted octanol–water partition coefficient (Wildman–Crippen LogP) is 3.73. The van der Waals surface area contributed by atoms with Gasteiger partial charge in [0.1, 0.15) is 17.6 Å². The van der Waals surface area contributed by atoms with Gasteiger partial charge in [0, 0.05) is 37.5 Å². The van der Waals surface area contributed by atoms with Crippen LogP contribution in [-0.4, -0.2) is 67.9 Å². The van der Waals surface area contributed by atoms with Crippen molar-refractivity contribution < 1.29 is 36.9 Å². The number of carbonyl (C=O) groups is 1. The van der Waals surface area contributed by atoms with Crippen molar-refractivity contribution in [3.63, 3.8) is 0 Å². The van der Waals surface area contributed by atoms with Gasteiger partial charge in [0.25, 0.3) is 0 Å². The summed E-state index contributed by atoms with van der Waals surface area (Å²) < 4.78 is 58.0. The van der Waals surface area contributed by atoms with Gasteiger partial charge in [0.2, 0.25) is 11.8 Å². The Hall–Kier alpha value is -3.48. The number of benzene rings is 1. The van der Waals surface area contributed by atoms with E-state index >= 15 is 0 Å². The molecule has 0 radical (unpaired) electrons. The molecule has 1 aliphatic heterocycles. The van der Waals surface area contributed by atoms with E-state index in [1.807, 2.05) is 0 Å². The summed E-state index contributed by atoms with van der Waals surface area (Å²) >= 11 is 0. The van der Waals surface area contributed by atoms with Gasteiger partial charge in [-0.15, -0.1) is 13.2 Å².